The van der Waals surface area contributed by atoms with Gasteiger partial charge in [-0.2, -0.15) is 0 Å². The molecule has 0 saturated carbocycles. The van der Waals surface area contributed by atoms with Gasteiger partial charge in [-0.1, -0.05) is 11.6 Å². The Morgan fingerprint density at radius 1 is 1.47 bits per heavy atom. The Kier molecular flexibility index (Phi) is 5.98. The molecule has 2 heterocycles. The predicted molar refractivity (Wildman–Crippen MR) is 71.0 cm³/mol. The lowest BCUT2D eigenvalue weighted by Crippen LogP contribution is -2.10. The molecular weight excluding hydrogens is 270 g/mol. The van der Waals surface area contributed by atoms with Crippen molar-refractivity contribution in [3.63, 3.8) is 0 Å². The van der Waals surface area contributed by atoms with E-state index in [9.17, 15) is 0 Å². The van der Waals surface area contributed by atoms with Gasteiger partial charge in [-0.3, -0.25) is 9.78 Å². The van der Waals surface area contributed by atoms with Gasteiger partial charge in [0, 0.05) is 18.6 Å². The van der Waals surface area contributed by atoms with E-state index in [1.807, 2.05) is 23.8 Å². The quantitative estimate of drug-likeness (QED) is 0.839. The van der Waals surface area contributed by atoms with Crippen LogP contribution in [0.15, 0.2) is 30.7 Å². The van der Waals surface area contributed by atoms with Crippen LogP contribution in [0.2, 0.25) is 5.02 Å². The van der Waals surface area contributed by atoms with Crippen LogP contribution in [0.1, 0.15) is 13.0 Å². The summed E-state index contributed by atoms with van der Waals surface area (Å²) in [5.74, 6) is 0.734. The average Bonchev–Trinajstić information content (AvgIpc) is 2.89. The minimum Gasteiger partial charge on any atom is -0.483 e. The first-order valence-corrected chi connectivity index (χ1v) is 5.85. The van der Waals surface area contributed by atoms with Crippen molar-refractivity contribution in [1.82, 2.24) is 14.5 Å². The molecule has 19 heavy (non-hydrogen) atoms. The van der Waals surface area contributed by atoms with Crippen molar-refractivity contribution in [1.29, 1.82) is 0 Å². The first-order chi connectivity index (χ1) is 9.13. The topological polar surface area (TPSA) is 88.2 Å². The summed E-state index contributed by atoms with van der Waals surface area (Å²) in [5.41, 5.74) is 0.745. The largest absolute Gasteiger partial charge is 0.483 e. The molecule has 0 spiro atoms. The Morgan fingerprint density at radius 2 is 2.16 bits per heavy atom. The molecule has 0 aliphatic carbocycles. The number of hydrogen-bond donors (Lipinski definition) is 2. The third kappa shape index (κ3) is 4.04. The van der Waals surface area contributed by atoms with Crippen LogP contribution in [0.5, 0.6) is 0 Å². The summed E-state index contributed by atoms with van der Waals surface area (Å²) in [6.45, 7) is 1.73. The van der Waals surface area contributed by atoms with Crippen molar-refractivity contribution >= 4 is 18.1 Å². The van der Waals surface area contributed by atoms with E-state index in [4.69, 9.17) is 26.6 Å². The Morgan fingerprint density at radius 3 is 2.68 bits per heavy atom. The molecule has 1 atom stereocenters. The van der Waals surface area contributed by atoms with Gasteiger partial charge in [0.25, 0.3) is 6.47 Å². The highest BCUT2D eigenvalue weighted by atomic mass is 35.5. The van der Waals surface area contributed by atoms with E-state index < -0.39 is 0 Å². The number of imidazole rings is 1. The molecule has 0 amide bonds. The fourth-order valence-electron chi connectivity index (χ4n) is 1.46. The number of carboxylic acid groups (broad SMARTS) is 1. The third-order valence-electron chi connectivity index (χ3n) is 2.36. The number of hydrogen-bond acceptors (Lipinski definition) is 4. The Labute approximate surface area is 115 Å². The number of aromatic nitrogens is 3. The molecule has 2 aromatic rings. The molecule has 2 rings (SSSR count). The molecule has 0 unspecified atom stereocenters. The average molecular weight is 284 g/mol. The first-order valence-electron chi connectivity index (χ1n) is 5.47. The summed E-state index contributed by atoms with van der Waals surface area (Å²) in [5, 5.41) is 16.6. The zero-order valence-electron chi connectivity index (χ0n) is 10.3. The minimum absolute atomic E-state index is 0.0185. The highest BCUT2D eigenvalue weighted by molar-refractivity contribution is 6.30. The van der Waals surface area contributed by atoms with Crippen LogP contribution in [0.3, 0.4) is 0 Å². The third-order valence-corrected chi connectivity index (χ3v) is 2.59. The van der Waals surface area contributed by atoms with Gasteiger partial charge in [-0.25, -0.2) is 4.98 Å². The van der Waals surface area contributed by atoms with Gasteiger partial charge in [0.15, 0.2) is 5.82 Å². The van der Waals surface area contributed by atoms with E-state index in [-0.39, 0.29) is 19.1 Å². The molecule has 0 aliphatic heterocycles. The first kappa shape index (κ1) is 15.1. The lowest BCUT2D eigenvalue weighted by Gasteiger charge is -2.13. The van der Waals surface area contributed by atoms with E-state index in [0.717, 1.165) is 11.5 Å². The Bertz CT molecular complexity index is 513. The number of halogens is 1. The summed E-state index contributed by atoms with van der Waals surface area (Å²) in [6.07, 6.45) is 5.10. The van der Waals surface area contributed by atoms with Crippen LogP contribution >= 0.6 is 11.6 Å². The van der Waals surface area contributed by atoms with Crippen LogP contribution < -0.4 is 0 Å². The van der Waals surface area contributed by atoms with Crippen molar-refractivity contribution < 1.29 is 15.0 Å². The molecule has 0 fully saturated rings. The minimum atomic E-state index is -0.250. The summed E-state index contributed by atoms with van der Waals surface area (Å²) < 4.78 is 1.89. The number of aliphatic hydroxyl groups is 1. The fourth-order valence-corrected chi connectivity index (χ4v) is 1.57. The molecule has 2 N–H and O–H groups in total. The second kappa shape index (κ2) is 7.50. The smallest absolute Gasteiger partial charge is 0.290 e. The normalized spacial score (nSPS) is 11.3. The van der Waals surface area contributed by atoms with Gasteiger partial charge in [-0.15, -0.1) is 0 Å². The lowest BCUT2D eigenvalue weighted by atomic mass is 10.3. The van der Waals surface area contributed by atoms with Crippen LogP contribution in [0, 0.1) is 0 Å². The molecule has 0 bridgehead atoms. The van der Waals surface area contributed by atoms with Gasteiger partial charge in [0.05, 0.1) is 17.7 Å². The number of rotatable bonds is 3. The molecule has 6 nitrogen and oxygen atoms in total. The van der Waals surface area contributed by atoms with Gasteiger partial charge < -0.3 is 14.8 Å². The Hall–Kier alpha value is -1.92. The number of pyridine rings is 1. The predicted octanol–water partition coefficient (Wildman–Crippen LogP) is 1.85. The summed E-state index contributed by atoms with van der Waals surface area (Å²) in [6, 6.07) is 3.56. The second-order valence-electron chi connectivity index (χ2n) is 3.66. The number of carbonyl (C=O) groups is 1. The van der Waals surface area contributed by atoms with E-state index in [1.165, 1.54) is 0 Å². The van der Waals surface area contributed by atoms with Crippen molar-refractivity contribution in [2.45, 2.75) is 13.0 Å². The molecule has 2 aromatic heterocycles. The Balaban J connectivity index is 0.000000550. The van der Waals surface area contributed by atoms with E-state index in [0.29, 0.717) is 5.02 Å². The zero-order valence-corrected chi connectivity index (χ0v) is 11.0. The highest BCUT2D eigenvalue weighted by Gasteiger charge is 2.11. The van der Waals surface area contributed by atoms with Gasteiger partial charge in [-0.05, 0) is 19.1 Å². The molecule has 0 aliphatic rings. The maximum Gasteiger partial charge on any atom is 0.290 e. The van der Waals surface area contributed by atoms with E-state index in [1.54, 1.807) is 18.5 Å². The molecular formula is C12H14ClN3O3. The van der Waals surface area contributed by atoms with Crippen molar-refractivity contribution in [3.05, 3.63) is 35.7 Å². The van der Waals surface area contributed by atoms with Crippen molar-refractivity contribution in [2.24, 2.45) is 0 Å². The van der Waals surface area contributed by atoms with E-state index in [2.05, 4.69) is 9.97 Å². The molecule has 7 heteroatoms. The van der Waals surface area contributed by atoms with Crippen molar-refractivity contribution in [3.8, 4) is 11.5 Å². The summed E-state index contributed by atoms with van der Waals surface area (Å²) >= 11 is 5.77. The monoisotopic (exact) mass is 283 g/mol. The molecule has 0 radical (unpaired) electrons. The van der Waals surface area contributed by atoms with Crippen LogP contribution in [0.4, 0.5) is 0 Å². The highest BCUT2D eigenvalue weighted by Crippen LogP contribution is 2.20. The van der Waals surface area contributed by atoms with E-state index >= 15 is 0 Å². The summed E-state index contributed by atoms with van der Waals surface area (Å²) in [7, 11) is 0. The number of aliphatic hydroxyl groups excluding tert-OH is 1. The van der Waals surface area contributed by atoms with Gasteiger partial charge >= 0.3 is 0 Å². The van der Waals surface area contributed by atoms with Crippen LogP contribution in [-0.2, 0) is 4.79 Å². The standard InChI is InChI=1S/C11H12ClN3O.CH2O2/c1-8(7-16)15-5-4-13-11(15)10-3-2-9(12)6-14-10;2-1-3/h2-6,8,16H,7H2,1H3;1H,(H,2,3)/t8-;/m0./s1. The maximum absolute atomic E-state index is 9.13. The fraction of sp³-hybridized carbons (Fsp3) is 0.250. The summed E-state index contributed by atoms with van der Waals surface area (Å²) in [4.78, 5) is 16.8. The zero-order chi connectivity index (χ0) is 14.3. The van der Waals surface area contributed by atoms with Gasteiger partial charge in [0.1, 0.15) is 5.69 Å². The lowest BCUT2D eigenvalue weighted by molar-refractivity contribution is -0.122. The van der Waals surface area contributed by atoms with Crippen molar-refractivity contribution in [2.75, 3.05) is 6.61 Å². The SMILES string of the molecule is C[C@@H](CO)n1ccnc1-c1ccc(Cl)cn1.O=CO. The van der Waals surface area contributed by atoms with Crippen LogP contribution in [-0.4, -0.2) is 37.8 Å². The number of nitrogens with zero attached hydrogens (tertiary/aromatic N) is 3. The van der Waals surface area contributed by atoms with Gasteiger partial charge in [0.2, 0.25) is 0 Å². The molecule has 102 valence electrons. The molecule has 0 saturated heterocycles. The van der Waals surface area contributed by atoms with Crippen LogP contribution in [0.25, 0.3) is 11.5 Å². The molecule has 0 aromatic carbocycles. The maximum atomic E-state index is 9.13. The second-order valence-corrected chi connectivity index (χ2v) is 4.09.